The quantitative estimate of drug-likeness (QED) is 0.455. The topological polar surface area (TPSA) is 104 Å². The van der Waals surface area contributed by atoms with Gasteiger partial charge in [-0.3, -0.25) is 9.05 Å². The van der Waals surface area contributed by atoms with Gasteiger partial charge in [0, 0.05) is 19.1 Å². The first-order chi connectivity index (χ1) is 10.3. The van der Waals surface area contributed by atoms with Gasteiger partial charge in [0.25, 0.3) is 0 Å². The van der Waals surface area contributed by atoms with Crippen LogP contribution >= 0.6 is 7.82 Å². The molecule has 2 aliphatic rings. The smallest absolute Gasteiger partial charge is 0.390 e. The van der Waals surface area contributed by atoms with E-state index in [1.807, 2.05) is 0 Å². The average molecular weight is 332 g/mol. The van der Waals surface area contributed by atoms with Gasteiger partial charge in [-0.2, -0.15) is 0 Å². The molecule has 8 nitrogen and oxygen atoms in total. The Morgan fingerprint density at radius 2 is 1.82 bits per heavy atom. The van der Waals surface area contributed by atoms with Crippen LogP contribution < -0.4 is 0 Å². The van der Waals surface area contributed by atoms with Crippen molar-refractivity contribution >= 4 is 23.5 Å². The minimum atomic E-state index is -4.35. The zero-order valence-corrected chi connectivity index (χ0v) is 13.1. The zero-order chi connectivity index (χ0) is 16.3. The van der Waals surface area contributed by atoms with Crippen LogP contribution in [-0.4, -0.2) is 82.4 Å². The summed E-state index contributed by atoms with van der Waals surface area (Å²) in [7, 11) is 8.27. The van der Waals surface area contributed by atoms with Crippen molar-refractivity contribution < 1.29 is 37.8 Å². The fourth-order valence-electron chi connectivity index (χ4n) is 2.45. The Morgan fingerprint density at radius 3 is 2.41 bits per heavy atom. The molecule has 0 aromatic rings. The predicted octanol–water partition coefficient (Wildman–Crippen LogP) is -0.937. The number of phosphoric acid groups is 1. The number of methoxy groups -OCH3 is 1. The summed E-state index contributed by atoms with van der Waals surface area (Å²) < 4.78 is 37.4. The van der Waals surface area contributed by atoms with Crippen molar-refractivity contribution in [1.82, 2.24) is 0 Å². The first-order valence-electron chi connectivity index (χ1n) is 6.95. The highest BCUT2D eigenvalue weighted by atomic mass is 31.2. The standard InChI is InChI=1S/C11H19B2O8P/c1-17-4-9-7(3-11(13)20-9)21-22(15,16)18-5-8-6(14)2-10(12)19-8/h6-11,14H,2-5H2,1H3,(H,15,16). The minimum Gasteiger partial charge on any atom is -0.390 e. The fraction of sp³-hybridized carbons (Fsp3) is 1.00. The van der Waals surface area contributed by atoms with Gasteiger partial charge in [0.05, 0.1) is 25.4 Å². The van der Waals surface area contributed by atoms with E-state index in [9.17, 15) is 14.6 Å². The summed E-state index contributed by atoms with van der Waals surface area (Å²) in [6.45, 7) is -0.130. The van der Waals surface area contributed by atoms with E-state index in [2.05, 4.69) is 0 Å². The van der Waals surface area contributed by atoms with Crippen LogP contribution in [0.15, 0.2) is 0 Å². The van der Waals surface area contributed by atoms with Crippen LogP contribution in [0.2, 0.25) is 0 Å². The van der Waals surface area contributed by atoms with Crippen molar-refractivity contribution in [2.75, 3.05) is 20.3 Å². The molecule has 122 valence electrons. The summed E-state index contributed by atoms with van der Waals surface area (Å²) >= 11 is 0. The average Bonchev–Trinajstić information content (AvgIpc) is 2.90. The Labute approximate surface area is 131 Å². The molecule has 0 bridgehead atoms. The molecule has 2 fully saturated rings. The van der Waals surface area contributed by atoms with Gasteiger partial charge in [-0.1, -0.05) is 0 Å². The molecule has 2 rings (SSSR count). The minimum absolute atomic E-state index is 0.178. The van der Waals surface area contributed by atoms with Gasteiger partial charge in [0.15, 0.2) is 0 Å². The van der Waals surface area contributed by atoms with Gasteiger partial charge < -0.3 is 24.2 Å². The second-order valence-electron chi connectivity index (χ2n) is 5.33. The third kappa shape index (κ3) is 5.04. The highest BCUT2D eigenvalue weighted by Gasteiger charge is 2.40. The molecule has 7 atom stereocenters. The maximum absolute atomic E-state index is 12.0. The first-order valence-corrected chi connectivity index (χ1v) is 8.45. The maximum Gasteiger partial charge on any atom is 0.472 e. The van der Waals surface area contributed by atoms with Crippen LogP contribution in [0.4, 0.5) is 0 Å². The number of rotatable bonds is 7. The van der Waals surface area contributed by atoms with Gasteiger partial charge in [0.2, 0.25) is 0 Å². The molecule has 0 aromatic carbocycles. The summed E-state index contributed by atoms with van der Waals surface area (Å²) in [4.78, 5) is 9.77. The Hall–Kier alpha value is 0.0799. The Balaban J connectivity index is 1.83. The van der Waals surface area contributed by atoms with E-state index in [1.165, 1.54) is 7.11 Å². The van der Waals surface area contributed by atoms with Gasteiger partial charge in [-0.05, 0) is 12.8 Å². The second kappa shape index (κ2) is 7.77. The van der Waals surface area contributed by atoms with Crippen molar-refractivity contribution in [2.24, 2.45) is 0 Å². The third-order valence-electron chi connectivity index (χ3n) is 3.48. The van der Waals surface area contributed by atoms with Crippen molar-refractivity contribution in [3.8, 4) is 0 Å². The third-order valence-corrected chi connectivity index (χ3v) is 4.50. The number of ether oxygens (including phenoxy) is 3. The maximum atomic E-state index is 12.0. The number of aliphatic hydroxyl groups excluding tert-OH is 1. The molecule has 2 saturated heterocycles. The number of aliphatic hydroxyl groups is 1. The molecule has 22 heavy (non-hydrogen) atoms. The Morgan fingerprint density at radius 1 is 1.18 bits per heavy atom. The Kier molecular flexibility index (Phi) is 6.50. The van der Waals surface area contributed by atoms with Crippen LogP contribution in [0.3, 0.4) is 0 Å². The van der Waals surface area contributed by atoms with Crippen LogP contribution in [0, 0.1) is 0 Å². The molecule has 2 aliphatic heterocycles. The van der Waals surface area contributed by atoms with Crippen molar-refractivity contribution in [3.05, 3.63) is 0 Å². The molecule has 0 aromatic heterocycles. The molecule has 4 radical (unpaired) electrons. The van der Waals surface area contributed by atoms with E-state index in [4.69, 9.17) is 39.0 Å². The molecule has 7 unspecified atom stereocenters. The van der Waals surface area contributed by atoms with Crippen LogP contribution in [0.5, 0.6) is 0 Å². The molecule has 0 spiro atoms. The SMILES string of the molecule is [B]C1CC(O)C(COP(=O)(O)OC2CC([B])OC2COC)O1. The highest BCUT2D eigenvalue weighted by Crippen LogP contribution is 2.47. The van der Waals surface area contributed by atoms with Gasteiger partial charge in [-0.15, -0.1) is 0 Å². The molecule has 0 aliphatic carbocycles. The van der Waals surface area contributed by atoms with Gasteiger partial charge >= 0.3 is 7.82 Å². The zero-order valence-electron chi connectivity index (χ0n) is 12.2. The van der Waals surface area contributed by atoms with E-state index in [0.29, 0.717) is 0 Å². The number of hydrogen-bond donors (Lipinski definition) is 2. The monoisotopic (exact) mass is 332 g/mol. The van der Waals surface area contributed by atoms with E-state index < -0.39 is 44.2 Å². The highest BCUT2D eigenvalue weighted by molar-refractivity contribution is 7.47. The molecule has 0 saturated carbocycles. The van der Waals surface area contributed by atoms with Crippen molar-refractivity contribution in [1.29, 1.82) is 0 Å². The van der Waals surface area contributed by atoms with E-state index in [-0.39, 0.29) is 26.1 Å². The van der Waals surface area contributed by atoms with Gasteiger partial charge in [0.1, 0.15) is 27.9 Å². The van der Waals surface area contributed by atoms with E-state index in [0.717, 1.165) is 0 Å². The first kappa shape index (κ1) is 18.4. The molecular weight excluding hydrogens is 313 g/mol. The summed E-state index contributed by atoms with van der Waals surface area (Å²) in [6.07, 6.45) is -2.40. The molecule has 0 amide bonds. The predicted molar refractivity (Wildman–Crippen MR) is 76.6 cm³/mol. The van der Waals surface area contributed by atoms with Gasteiger partial charge in [-0.25, -0.2) is 4.57 Å². The molecule has 2 N–H and O–H groups in total. The lowest BCUT2D eigenvalue weighted by Crippen LogP contribution is -2.29. The van der Waals surface area contributed by atoms with Crippen LogP contribution in [0.1, 0.15) is 12.8 Å². The van der Waals surface area contributed by atoms with Crippen LogP contribution in [0.25, 0.3) is 0 Å². The molecular formula is C11H19B2O8P. The summed E-state index contributed by atoms with van der Waals surface area (Å²) in [5.74, 6) is 0. The van der Waals surface area contributed by atoms with Crippen molar-refractivity contribution in [2.45, 2.75) is 49.3 Å². The lowest BCUT2D eigenvalue weighted by atomic mass is 9.96. The van der Waals surface area contributed by atoms with E-state index in [1.54, 1.807) is 0 Å². The van der Waals surface area contributed by atoms with Crippen molar-refractivity contribution in [3.63, 3.8) is 0 Å². The summed E-state index contributed by atoms with van der Waals surface area (Å²) in [6, 6.07) is -1.21. The lowest BCUT2D eigenvalue weighted by Gasteiger charge is -2.22. The summed E-state index contributed by atoms with van der Waals surface area (Å²) in [5, 5.41) is 9.64. The van der Waals surface area contributed by atoms with Crippen LogP contribution in [-0.2, 0) is 27.8 Å². The largest absolute Gasteiger partial charge is 0.472 e. The fourth-order valence-corrected chi connectivity index (χ4v) is 3.41. The lowest BCUT2D eigenvalue weighted by molar-refractivity contribution is -0.0310. The van der Waals surface area contributed by atoms with E-state index >= 15 is 0 Å². The second-order valence-corrected chi connectivity index (χ2v) is 6.73. The molecule has 11 heteroatoms. The summed E-state index contributed by atoms with van der Waals surface area (Å²) in [5.41, 5.74) is 0. The number of hydrogen-bond acceptors (Lipinski definition) is 7. The normalized spacial score (nSPS) is 41.6. The molecule has 2 heterocycles. The Bertz CT molecular complexity index is 414. The number of phosphoric ester groups is 1.